The summed E-state index contributed by atoms with van der Waals surface area (Å²) >= 11 is 6.42. The van der Waals surface area contributed by atoms with Crippen molar-refractivity contribution in [3.8, 4) is 5.75 Å². The molecule has 4 rings (SSSR count). The second-order valence-electron chi connectivity index (χ2n) is 7.56. The predicted octanol–water partition coefficient (Wildman–Crippen LogP) is 6.16. The van der Waals surface area contributed by atoms with Crippen LogP contribution in [0.3, 0.4) is 0 Å². The number of halogens is 4. The molecule has 0 aliphatic heterocycles. The molecule has 1 N–H and O–H groups in total. The van der Waals surface area contributed by atoms with E-state index in [1.54, 1.807) is 18.2 Å². The summed E-state index contributed by atoms with van der Waals surface area (Å²) in [4.78, 5) is 16.8. The van der Waals surface area contributed by atoms with Crippen molar-refractivity contribution in [3.63, 3.8) is 0 Å². The third kappa shape index (κ3) is 4.77. The summed E-state index contributed by atoms with van der Waals surface area (Å²) in [5, 5.41) is 4.83. The lowest BCUT2D eigenvalue weighted by molar-refractivity contribution is -0.137. The van der Waals surface area contributed by atoms with E-state index in [4.69, 9.17) is 16.3 Å². The highest BCUT2D eigenvalue weighted by atomic mass is 35.5. The van der Waals surface area contributed by atoms with Crippen LogP contribution in [0, 0.1) is 0 Å². The molecule has 1 aromatic heterocycles. The Morgan fingerprint density at radius 3 is 2.48 bits per heavy atom. The van der Waals surface area contributed by atoms with Crippen LogP contribution in [0.15, 0.2) is 48.7 Å². The molecule has 0 bridgehead atoms. The summed E-state index contributed by atoms with van der Waals surface area (Å²) in [5.41, 5.74) is -0.221. The number of hydrogen-bond donors (Lipinski definition) is 1. The summed E-state index contributed by atoms with van der Waals surface area (Å²) in [5.74, 6) is 0.0483. The smallest absolute Gasteiger partial charge is 0.417 e. The molecular weight excluding hydrogens is 429 g/mol. The van der Waals surface area contributed by atoms with Crippen LogP contribution in [0.5, 0.6) is 5.75 Å². The first-order valence-corrected chi connectivity index (χ1v) is 10.4. The van der Waals surface area contributed by atoms with Gasteiger partial charge in [0.05, 0.1) is 16.8 Å². The number of rotatable bonds is 5. The van der Waals surface area contributed by atoms with Crippen molar-refractivity contribution in [3.05, 3.63) is 70.5 Å². The Labute approximate surface area is 182 Å². The van der Waals surface area contributed by atoms with Gasteiger partial charge in [0.2, 0.25) is 0 Å². The Morgan fingerprint density at radius 2 is 1.84 bits per heavy atom. The number of nitrogens with zero attached hydrogens (tertiary/aromatic N) is 1. The van der Waals surface area contributed by atoms with Crippen LogP contribution >= 0.6 is 11.6 Å². The quantitative estimate of drug-likeness (QED) is 0.508. The molecule has 0 spiro atoms. The number of carbonyl (C=O) groups is 1. The third-order valence-electron chi connectivity index (χ3n) is 5.40. The van der Waals surface area contributed by atoms with Crippen molar-refractivity contribution in [2.24, 2.45) is 0 Å². The minimum Gasteiger partial charge on any atom is -0.486 e. The number of hydrogen-bond acceptors (Lipinski definition) is 3. The van der Waals surface area contributed by atoms with Crippen molar-refractivity contribution in [1.29, 1.82) is 0 Å². The number of carbonyl (C=O) groups excluding carboxylic acids is 1. The largest absolute Gasteiger partial charge is 0.486 e. The molecule has 162 valence electrons. The SMILES string of the molecule is O=C(NC1CCCC1)c1cc(Cl)c2ccccc2c1OCc1ccc(C(F)(F)F)cn1. The Hall–Kier alpha value is -2.80. The van der Waals surface area contributed by atoms with Crippen LogP contribution in [-0.2, 0) is 12.8 Å². The van der Waals surface area contributed by atoms with E-state index in [0.717, 1.165) is 43.3 Å². The number of benzene rings is 2. The van der Waals surface area contributed by atoms with Gasteiger partial charge in [0.15, 0.2) is 0 Å². The van der Waals surface area contributed by atoms with Crippen LogP contribution in [0.25, 0.3) is 10.8 Å². The summed E-state index contributed by atoms with van der Waals surface area (Å²) in [6.07, 6.45) is 0.326. The van der Waals surface area contributed by atoms with E-state index in [-0.39, 0.29) is 18.6 Å². The molecular formula is C23H20ClF3N2O2. The lowest BCUT2D eigenvalue weighted by Crippen LogP contribution is -2.32. The summed E-state index contributed by atoms with van der Waals surface area (Å²) in [6.45, 7) is -0.0898. The van der Waals surface area contributed by atoms with E-state index in [0.29, 0.717) is 27.4 Å². The van der Waals surface area contributed by atoms with E-state index in [1.165, 1.54) is 6.07 Å². The van der Waals surface area contributed by atoms with E-state index in [9.17, 15) is 18.0 Å². The highest BCUT2D eigenvalue weighted by Gasteiger charge is 2.30. The zero-order valence-corrected chi connectivity index (χ0v) is 17.3. The molecule has 1 amide bonds. The van der Waals surface area contributed by atoms with Gasteiger partial charge in [-0.2, -0.15) is 13.2 Å². The molecule has 31 heavy (non-hydrogen) atoms. The molecule has 4 nitrogen and oxygen atoms in total. The Balaban J connectivity index is 1.64. The fraction of sp³-hybridized carbons (Fsp3) is 0.304. The first-order valence-electron chi connectivity index (χ1n) is 10.00. The first-order chi connectivity index (χ1) is 14.8. The Kier molecular flexibility index (Phi) is 6.05. The van der Waals surface area contributed by atoms with Crippen LogP contribution in [0.2, 0.25) is 5.02 Å². The third-order valence-corrected chi connectivity index (χ3v) is 5.71. The molecule has 0 unspecified atom stereocenters. The lowest BCUT2D eigenvalue weighted by Gasteiger charge is -2.18. The van der Waals surface area contributed by atoms with Crippen LogP contribution in [-0.4, -0.2) is 16.9 Å². The average molecular weight is 449 g/mol. The fourth-order valence-electron chi connectivity index (χ4n) is 3.79. The highest BCUT2D eigenvalue weighted by Crippen LogP contribution is 2.36. The van der Waals surface area contributed by atoms with E-state index in [1.807, 2.05) is 12.1 Å². The van der Waals surface area contributed by atoms with Crippen molar-refractivity contribution in [1.82, 2.24) is 10.3 Å². The average Bonchev–Trinajstić information content (AvgIpc) is 3.25. The van der Waals surface area contributed by atoms with Crippen molar-refractivity contribution in [2.75, 3.05) is 0 Å². The molecule has 1 fully saturated rings. The maximum Gasteiger partial charge on any atom is 0.417 e. The van der Waals surface area contributed by atoms with E-state index >= 15 is 0 Å². The second-order valence-corrected chi connectivity index (χ2v) is 7.97. The molecule has 1 aliphatic rings. The van der Waals surface area contributed by atoms with Crippen LogP contribution in [0.1, 0.15) is 47.3 Å². The number of nitrogens with one attached hydrogen (secondary N) is 1. The van der Waals surface area contributed by atoms with Gasteiger partial charge >= 0.3 is 6.18 Å². The molecule has 0 radical (unpaired) electrons. The van der Waals surface area contributed by atoms with Gasteiger partial charge in [-0.3, -0.25) is 9.78 Å². The standard InChI is InChI=1S/C23H20ClF3N2O2/c24-20-11-19(22(30)29-15-5-1-2-6-15)21(18-8-4-3-7-17(18)20)31-13-16-10-9-14(12-28-16)23(25,26)27/h3-4,7-12,15H,1-2,5-6,13H2,(H,29,30). The summed E-state index contributed by atoms with van der Waals surface area (Å²) in [7, 11) is 0. The number of alkyl halides is 3. The van der Waals surface area contributed by atoms with Gasteiger partial charge in [-0.25, -0.2) is 0 Å². The Bertz CT molecular complexity index is 1090. The predicted molar refractivity (Wildman–Crippen MR) is 112 cm³/mol. The summed E-state index contributed by atoms with van der Waals surface area (Å²) < 4.78 is 44.2. The monoisotopic (exact) mass is 448 g/mol. The van der Waals surface area contributed by atoms with Gasteiger partial charge in [-0.05, 0) is 31.0 Å². The molecule has 1 saturated carbocycles. The zero-order chi connectivity index (χ0) is 22.0. The molecule has 2 aromatic carbocycles. The number of amides is 1. The molecule has 1 aliphatic carbocycles. The zero-order valence-electron chi connectivity index (χ0n) is 16.5. The van der Waals surface area contributed by atoms with Crippen molar-refractivity contribution in [2.45, 2.75) is 44.5 Å². The molecule has 0 saturated heterocycles. The number of fused-ring (bicyclic) bond motifs is 1. The van der Waals surface area contributed by atoms with Gasteiger partial charge in [0.1, 0.15) is 12.4 Å². The fourth-order valence-corrected chi connectivity index (χ4v) is 4.06. The number of aromatic nitrogens is 1. The lowest BCUT2D eigenvalue weighted by atomic mass is 10.0. The molecule has 1 heterocycles. The molecule has 0 atom stereocenters. The molecule has 8 heteroatoms. The van der Waals surface area contributed by atoms with Gasteiger partial charge in [0, 0.05) is 28.0 Å². The van der Waals surface area contributed by atoms with Crippen LogP contribution in [0.4, 0.5) is 13.2 Å². The maximum absolute atomic E-state index is 13.0. The van der Waals surface area contributed by atoms with Gasteiger partial charge < -0.3 is 10.1 Å². The summed E-state index contributed by atoms with van der Waals surface area (Å²) in [6, 6.07) is 11.2. The maximum atomic E-state index is 13.0. The number of ether oxygens (including phenoxy) is 1. The van der Waals surface area contributed by atoms with Crippen LogP contribution < -0.4 is 10.1 Å². The van der Waals surface area contributed by atoms with Gasteiger partial charge in [-0.1, -0.05) is 48.7 Å². The van der Waals surface area contributed by atoms with Gasteiger partial charge in [-0.15, -0.1) is 0 Å². The highest BCUT2D eigenvalue weighted by molar-refractivity contribution is 6.36. The minimum atomic E-state index is -4.45. The normalized spacial score (nSPS) is 14.7. The first kappa shape index (κ1) is 21.4. The van der Waals surface area contributed by atoms with E-state index in [2.05, 4.69) is 10.3 Å². The second kappa shape index (κ2) is 8.75. The number of pyridine rings is 1. The van der Waals surface area contributed by atoms with Gasteiger partial charge in [0.25, 0.3) is 5.91 Å². The Morgan fingerprint density at radius 1 is 1.13 bits per heavy atom. The molecule has 3 aromatic rings. The van der Waals surface area contributed by atoms with E-state index < -0.39 is 11.7 Å². The topological polar surface area (TPSA) is 51.2 Å². The minimum absolute atomic E-state index is 0.0898. The van der Waals surface area contributed by atoms with Crippen molar-refractivity contribution >= 4 is 28.3 Å². The van der Waals surface area contributed by atoms with Crippen molar-refractivity contribution < 1.29 is 22.7 Å².